The molecule has 0 aromatic heterocycles. The van der Waals surface area contributed by atoms with Crippen molar-refractivity contribution in [1.29, 1.82) is 0 Å². The molecule has 7 heteroatoms. The number of carbonyl (C=O) groups is 1. The maximum atomic E-state index is 10.6. The zero-order chi connectivity index (χ0) is 11.4. The van der Waals surface area contributed by atoms with Crippen molar-refractivity contribution in [2.24, 2.45) is 16.6 Å². The standard InChI is InChI=1S/C8H9BrN4O2/c9-5-3-4(7(10)13-15)1-2-6(5)12-8(11)14/h1-3,15H,(H2,10,13)(H3,11,12,14). The van der Waals surface area contributed by atoms with Gasteiger partial charge in [-0.05, 0) is 34.1 Å². The highest BCUT2D eigenvalue weighted by atomic mass is 79.9. The summed E-state index contributed by atoms with van der Waals surface area (Å²) in [6.07, 6.45) is 0. The number of amidine groups is 1. The molecule has 0 radical (unpaired) electrons. The Morgan fingerprint density at radius 2 is 2.13 bits per heavy atom. The first-order chi connectivity index (χ1) is 7.04. The molecular weight excluding hydrogens is 264 g/mol. The molecule has 0 unspecified atom stereocenters. The molecule has 0 aliphatic heterocycles. The van der Waals surface area contributed by atoms with Crippen molar-refractivity contribution in [3.63, 3.8) is 0 Å². The molecule has 80 valence electrons. The topological polar surface area (TPSA) is 114 Å². The number of rotatable bonds is 2. The monoisotopic (exact) mass is 272 g/mol. The third-order valence-electron chi connectivity index (χ3n) is 1.63. The van der Waals surface area contributed by atoms with Crippen molar-refractivity contribution >= 4 is 33.5 Å². The van der Waals surface area contributed by atoms with Gasteiger partial charge in [-0.25, -0.2) is 4.79 Å². The number of urea groups is 1. The van der Waals surface area contributed by atoms with Gasteiger partial charge in [0.05, 0.1) is 5.69 Å². The van der Waals surface area contributed by atoms with E-state index in [-0.39, 0.29) is 5.84 Å². The van der Waals surface area contributed by atoms with Gasteiger partial charge in [0.1, 0.15) is 0 Å². The maximum absolute atomic E-state index is 10.6. The average Bonchev–Trinajstić information content (AvgIpc) is 2.19. The molecule has 0 bridgehead atoms. The number of oxime groups is 1. The van der Waals surface area contributed by atoms with Gasteiger partial charge >= 0.3 is 6.03 Å². The van der Waals surface area contributed by atoms with Crippen molar-refractivity contribution in [2.75, 3.05) is 5.32 Å². The number of nitrogens with one attached hydrogen (secondary N) is 1. The zero-order valence-electron chi connectivity index (χ0n) is 7.57. The van der Waals surface area contributed by atoms with Gasteiger partial charge in [-0.1, -0.05) is 5.16 Å². The van der Waals surface area contributed by atoms with Crippen LogP contribution in [0.3, 0.4) is 0 Å². The lowest BCUT2D eigenvalue weighted by molar-refractivity contribution is 0.259. The van der Waals surface area contributed by atoms with Gasteiger partial charge in [-0.15, -0.1) is 0 Å². The van der Waals surface area contributed by atoms with E-state index in [1.807, 2.05) is 0 Å². The fraction of sp³-hybridized carbons (Fsp3) is 0. The number of benzene rings is 1. The van der Waals surface area contributed by atoms with Gasteiger partial charge in [-0.3, -0.25) is 0 Å². The molecule has 6 nitrogen and oxygen atoms in total. The fourth-order valence-electron chi connectivity index (χ4n) is 0.966. The molecule has 0 saturated heterocycles. The third kappa shape index (κ3) is 2.84. The number of nitrogens with zero attached hydrogens (tertiary/aromatic N) is 1. The average molecular weight is 273 g/mol. The molecule has 0 fully saturated rings. The second-order valence-electron chi connectivity index (χ2n) is 2.67. The van der Waals surface area contributed by atoms with E-state index in [1.54, 1.807) is 18.2 Å². The lowest BCUT2D eigenvalue weighted by Crippen LogP contribution is -2.20. The van der Waals surface area contributed by atoms with Crippen LogP contribution in [0.4, 0.5) is 10.5 Å². The summed E-state index contributed by atoms with van der Waals surface area (Å²) in [6, 6.07) is 4.11. The number of halogens is 1. The van der Waals surface area contributed by atoms with Crippen LogP contribution in [0.1, 0.15) is 5.56 Å². The molecule has 15 heavy (non-hydrogen) atoms. The number of hydrogen-bond donors (Lipinski definition) is 4. The summed E-state index contributed by atoms with van der Waals surface area (Å²) in [5.74, 6) is -0.0127. The summed E-state index contributed by atoms with van der Waals surface area (Å²) in [5, 5.41) is 13.7. The van der Waals surface area contributed by atoms with Crippen LogP contribution in [-0.4, -0.2) is 17.1 Å². The molecule has 0 heterocycles. The minimum Gasteiger partial charge on any atom is -0.409 e. The Bertz CT molecular complexity index is 419. The highest BCUT2D eigenvalue weighted by molar-refractivity contribution is 9.10. The predicted octanol–water partition coefficient (Wildman–Crippen LogP) is 1.03. The summed E-state index contributed by atoms with van der Waals surface area (Å²) in [7, 11) is 0. The van der Waals surface area contributed by atoms with Crippen LogP contribution in [0.15, 0.2) is 27.8 Å². The van der Waals surface area contributed by atoms with Crippen LogP contribution in [0.5, 0.6) is 0 Å². The fourth-order valence-corrected chi connectivity index (χ4v) is 1.44. The number of carbonyl (C=O) groups excluding carboxylic acids is 1. The zero-order valence-corrected chi connectivity index (χ0v) is 9.15. The van der Waals surface area contributed by atoms with Gasteiger partial charge in [0.2, 0.25) is 0 Å². The molecule has 1 aromatic rings. The summed E-state index contributed by atoms with van der Waals surface area (Å²) in [5.41, 5.74) is 11.4. The molecule has 0 aliphatic carbocycles. The van der Waals surface area contributed by atoms with Crippen LogP contribution in [0, 0.1) is 0 Å². The first-order valence-electron chi connectivity index (χ1n) is 3.88. The quantitative estimate of drug-likeness (QED) is 0.279. The second kappa shape index (κ2) is 4.65. The van der Waals surface area contributed by atoms with Gasteiger partial charge in [0, 0.05) is 10.0 Å². The largest absolute Gasteiger partial charge is 0.409 e. The Morgan fingerprint density at radius 1 is 1.47 bits per heavy atom. The molecule has 0 atom stereocenters. The first kappa shape index (κ1) is 11.3. The van der Waals surface area contributed by atoms with Crippen molar-refractivity contribution in [3.05, 3.63) is 28.2 Å². The summed E-state index contributed by atoms with van der Waals surface area (Å²) < 4.78 is 0.588. The number of amides is 2. The van der Waals surface area contributed by atoms with E-state index in [4.69, 9.17) is 16.7 Å². The SMILES string of the molecule is NC(=O)Nc1ccc(/C(N)=N/O)cc1Br. The lowest BCUT2D eigenvalue weighted by atomic mass is 10.2. The molecule has 1 aromatic carbocycles. The van der Waals surface area contributed by atoms with Gasteiger partial charge in [0.25, 0.3) is 0 Å². The predicted molar refractivity (Wildman–Crippen MR) is 59.9 cm³/mol. The minimum absolute atomic E-state index is 0.0127. The van der Waals surface area contributed by atoms with Gasteiger partial charge < -0.3 is 22.0 Å². The van der Waals surface area contributed by atoms with E-state index in [9.17, 15) is 4.79 Å². The second-order valence-corrected chi connectivity index (χ2v) is 3.52. The number of nitrogens with two attached hydrogens (primary N) is 2. The van der Waals surface area contributed by atoms with Gasteiger partial charge in [0.15, 0.2) is 5.84 Å². The van der Waals surface area contributed by atoms with Crippen LogP contribution in [0.25, 0.3) is 0 Å². The Labute approximate surface area is 94.1 Å². The van der Waals surface area contributed by atoms with Crippen molar-refractivity contribution in [3.8, 4) is 0 Å². The summed E-state index contributed by atoms with van der Waals surface area (Å²) in [6.45, 7) is 0. The molecule has 6 N–H and O–H groups in total. The highest BCUT2D eigenvalue weighted by Gasteiger charge is 2.05. The Hall–Kier alpha value is -1.76. The number of hydrogen-bond acceptors (Lipinski definition) is 3. The molecule has 0 aliphatic rings. The van der Waals surface area contributed by atoms with E-state index in [0.717, 1.165) is 0 Å². The van der Waals surface area contributed by atoms with Crippen LogP contribution in [0.2, 0.25) is 0 Å². The van der Waals surface area contributed by atoms with Crippen molar-refractivity contribution in [1.82, 2.24) is 0 Å². The third-order valence-corrected chi connectivity index (χ3v) is 2.29. The first-order valence-corrected chi connectivity index (χ1v) is 4.68. The molecule has 0 saturated carbocycles. The van der Waals surface area contributed by atoms with Crippen LogP contribution < -0.4 is 16.8 Å². The summed E-state index contributed by atoms with van der Waals surface area (Å²) >= 11 is 3.21. The van der Waals surface area contributed by atoms with E-state index < -0.39 is 6.03 Å². The molecule has 2 amide bonds. The van der Waals surface area contributed by atoms with Crippen LogP contribution in [-0.2, 0) is 0 Å². The Balaban J connectivity index is 3.03. The van der Waals surface area contributed by atoms with E-state index in [1.165, 1.54) is 0 Å². The number of anilines is 1. The maximum Gasteiger partial charge on any atom is 0.316 e. The van der Waals surface area contributed by atoms with Gasteiger partial charge in [-0.2, -0.15) is 0 Å². The molecule has 1 rings (SSSR count). The van der Waals surface area contributed by atoms with E-state index in [0.29, 0.717) is 15.7 Å². The minimum atomic E-state index is -0.660. The highest BCUT2D eigenvalue weighted by Crippen LogP contribution is 2.23. The Kier molecular flexibility index (Phi) is 3.51. The number of primary amides is 1. The normalized spacial score (nSPS) is 11.1. The molecular formula is C8H9BrN4O2. The van der Waals surface area contributed by atoms with Crippen LogP contribution >= 0.6 is 15.9 Å². The van der Waals surface area contributed by atoms with E-state index in [2.05, 4.69) is 26.4 Å². The Morgan fingerprint density at radius 3 is 2.60 bits per heavy atom. The molecule has 0 spiro atoms. The lowest BCUT2D eigenvalue weighted by Gasteiger charge is -2.06. The smallest absolute Gasteiger partial charge is 0.316 e. The van der Waals surface area contributed by atoms with Crippen molar-refractivity contribution in [2.45, 2.75) is 0 Å². The van der Waals surface area contributed by atoms with E-state index >= 15 is 0 Å². The van der Waals surface area contributed by atoms with Crippen molar-refractivity contribution < 1.29 is 10.0 Å². The summed E-state index contributed by atoms with van der Waals surface area (Å²) in [4.78, 5) is 10.6.